The molecule has 0 N–H and O–H groups in total. The molecular weight excluding hydrogens is 308 g/mol. The minimum Gasteiger partial charge on any atom is -0.493 e. The van der Waals surface area contributed by atoms with Crippen LogP contribution in [0.2, 0.25) is 0 Å². The van der Waals surface area contributed by atoms with Gasteiger partial charge in [-0.15, -0.1) is 0 Å². The van der Waals surface area contributed by atoms with Crippen molar-refractivity contribution in [3.63, 3.8) is 0 Å². The normalized spacial score (nSPS) is 10.5. The number of nitrogens with zero attached hydrogens (tertiary/aromatic N) is 2. The van der Waals surface area contributed by atoms with Crippen LogP contribution in [0, 0.1) is 0 Å². The van der Waals surface area contributed by atoms with Crippen molar-refractivity contribution in [2.24, 2.45) is 7.05 Å². The monoisotopic (exact) mass is 324 g/mol. The number of hydrogen-bond acceptors (Lipinski definition) is 7. The first-order valence-corrected chi connectivity index (χ1v) is 7.35. The quantitative estimate of drug-likeness (QED) is 0.469. The van der Waals surface area contributed by atoms with E-state index in [1.165, 1.54) is 21.1 Å². The lowest BCUT2D eigenvalue weighted by Crippen LogP contribution is -2.15. The van der Waals surface area contributed by atoms with Gasteiger partial charge in [0.2, 0.25) is 5.43 Å². The van der Waals surface area contributed by atoms with Crippen LogP contribution in [0.3, 0.4) is 0 Å². The zero-order valence-corrected chi connectivity index (χ0v) is 13.5. The first-order valence-electron chi connectivity index (χ1n) is 6.37. The van der Waals surface area contributed by atoms with E-state index in [4.69, 9.17) is 14.2 Å². The first kappa shape index (κ1) is 16.2. The van der Waals surface area contributed by atoms with Gasteiger partial charge in [0.25, 0.3) is 0 Å². The molecule has 118 valence electrons. The Bertz CT molecular complexity index is 772. The molecule has 0 saturated carbocycles. The second-order valence-corrected chi connectivity index (χ2v) is 5.29. The fourth-order valence-electron chi connectivity index (χ4n) is 1.93. The maximum Gasteiger partial charge on any atom is 0.303 e. The molecule has 0 aliphatic heterocycles. The summed E-state index contributed by atoms with van der Waals surface area (Å²) in [5.41, 5.74) is 0.380. The maximum absolute atomic E-state index is 12.5. The summed E-state index contributed by atoms with van der Waals surface area (Å²) < 4.78 is 16.9. The number of ether oxygens (including phenoxy) is 3. The van der Waals surface area contributed by atoms with Crippen molar-refractivity contribution in [1.82, 2.24) is 9.78 Å². The van der Waals surface area contributed by atoms with Crippen molar-refractivity contribution in [2.45, 2.75) is 11.9 Å². The van der Waals surface area contributed by atoms with Crippen molar-refractivity contribution in [3.05, 3.63) is 22.4 Å². The van der Waals surface area contributed by atoms with E-state index in [2.05, 4.69) is 5.10 Å². The van der Waals surface area contributed by atoms with Crippen LogP contribution in [0.15, 0.2) is 22.0 Å². The molecule has 2 aromatic rings. The highest BCUT2D eigenvalue weighted by Gasteiger charge is 2.14. The average Bonchev–Trinajstić information content (AvgIpc) is 2.50. The van der Waals surface area contributed by atoms with Crippen LogP contribution in [-0.2, 0) is 16.6 Å². The number of methoxy groups -OCH3 is 2. The Hall–Kier alpha value is -2.22. The molecule has 7 nitrogen and oxygen atoms in total. The molecular formula is C14H16N2O5S. The van der Waals surface area contributed by atoms with Crippen LogP contribution in [0.1, 0.15) is 6.92 Å². The van der Waals surface area contributed by atoms with E-state index >= 15 is 0 Å². The molecule has 0 radical (unpaired) electrons. The minimum absolute atomic E-state index is 0.0381. The van der Waals surface area contributed by atoms with E-state index in [-0.39, 0.29) is 16.4 Å². The van der Waals surface area contributed by atoms with Crippen LogP contribution in [0.25, 0.3) is 10.9 Å². The third-order valence-electron chi connectivity index (χ3n) is 2.99. The molecule has 0 spiro atoms. The Labute approximate surface area is 131 Å². The third-order valence-corrected chi connectivity index (χ3v) is 3.76. The number of carbonyl (C=O) groups excluding carboxylic acids is 1. The van der Waals surface area contributed by atoms with Crippen LogP contribution in [-0.4, -0.2) is 35.9 Å². The van der Waals surface area contributed by atoms with E-state index in [9.17, 15) is 9.59 Å². The molecule has 0 amide bonds. The molecule has 0 fully saturated rings. The number of fused-ring (bicyclic) bond motifs is 1. The summed E-state index contributed by atoms with van der Waals surface area (Å²) in [6.07, 6.45) is 0. The number of carbonyl (C=O) groups is 1. The first-order chi connectivity index (χ1) is 10.5. The van der Waals surface area contributed by atoms with Gasteiger partial charge in [0, 0.05) is 20.0 Å². The molecule has 22 heavy (non-hydrogen) atoms. The van der Waals surface area contributed by atoms with Gasteiger partial charge in [0.15, 0.2) is 16.5 Å². The van der Waals surface area contributed by atoms with Gasteiger partial charge in [-0.2, -0.15) is 5.10 Å². The summed E-state index contributed by atoms with van der Waals surface area (Å²) in [6.45, 7) is 1.31. The van der Waals surface area contributed by atoms with Gasteiger partial charge in [0.1, 0.15) is 5.94 Å². The number of thioether (sulfide) groups is 1. The Kier molecular flexibility index (Phi) is 4.92. The highest BCUT2D eigenvalue weighted by molar-refractivity contribution is 7.99. The van der Waals surface area contributed by atoms with Crippen molar-refractivity contribution in [3.8, 4) is 11.5 Å². The Morgan fingerprint density at radius 1 is 1.27 bits per heavy atom. The minimum atomic E-state index is -0.406. The summed E-state index contributed by atoms with van der Waals surface area (Å²) >= 11 is 1.07. The van der Waals surface area contributed by atoms with Crippen molar-refractivity contribution < 1.29 is 19.0 Å². The Morgan fingerprint density at radius 2 is 1.91 bits per heavy atom. The smallest absolute Gasteiger partial charge is 0.303 e. The van der Waals surface area contributed by atoms with Crippen LogP contribution < -0.4 is 14.9 Å². The summed E-state index contributed by atoms with van der Waals surface area (Å²) in [4.78, 5) is 23.3. The van der Waals surface area contributed by atoms with Gasteiger partial charge in [-0.1, -0.05) is 11.8 Å². The molecule has 0 aliphatic carbocycles. The number of esters is 1. The molecule has 8 heteroatoms. The van der Waals surface area contributed by atoms with E-state index in [0.29, 0.717) is 22.4 Å². The fourth-order valence-corrected chi connectivity index (χ4v) is 2.69. The molecule has 1 aromatic heterocycles. The predicted octanol–water partition coefficient (Wildman–Crippen LogP) is 1.56. The van der Waals surface area contributed by atoms with E-state index < -0.39 is 5.97 Å². The number of aromatic nitrogens is 2. The lowest BCUT2D eigenvalue weighted by Gasteiger charge is -2.12. The van der Waals surface area contributed by atoms with Crippen molar-refractivity contribution in [2.75, 3.05) is 20.2 Å². The van der Waals surface area contributed by atoms with Gasteiger partial charge in [0.05, 0.1) is 25.1 Å². The molecule has 0 saturated heterocycles. The number of rotatable bonds is 5. The molecule has 1 heterocycles. The van der Waals surface area contributed by atoms with Gasteiger partial charge in [-0.3, -0.25) is 14.3 Å². The lowest BCUT2D eigenvalue weighted by molar-refractivity contribution is -0.138. The fraction of sp³-hybridized carbons (Fsp3) is 0.357. The summed E-state index contributed by atoms with van der Waals surface area (Å²) in [6, 6.07) is 3.32. The van der Waals surface area contributed by atoms with Crippen LogP contribution >= 0.6 is 11.8 Å². The molecule has 0 aliphatic rings. The Balaban J connectivity index is 2.52. The zero-order valence-electron chi connectivity index (χ0n) is 12.7. The zero-order chi connectivity index (χ0) is 16.3. The van der Waals surface area contributed by atoms with E-state index in [1.807, 2.05) is 0 Å². The molecule has 1 aromatic carbocycles. The molecule has 0 atom stereocenters. The van der Waals surface area contributed by atoms with Crippen molar-refractivity contribution >= 4 is 28.6 Å². The molecule has 0 bridgehead atoms. The van der Waals surface area contributed by atoms with Crippen LogP contribution in [0.5, 0.6) is 11.5 Å². The second kappa shape index (κ2) is 6.69. The standard InChI is InChI=1S/C14H16N2O5S/c1-8(17)21-7-22-14-13(18)9-5-11(19-3)12(20-4)6-10(9)16(2)15-14/h5-6H,7H2,1-4H3. The largest absolute Gasteiger partial charge is 0.493 e. The number of aryl methyl sites for hydroxylation is 1. The van der Waals surface area contributed by atoms with Gasteiger partial charge < -0.3 is 14.2 Å². The summed E-state index contributed by atoms with van der Waals surface area (Å²) in [5, 5.41) is 4.92. The number of hydrogen-bond donors (Lipinski definition) is 0. The Morgan fingerprint density at radius 3 is 2.50 bits per heavy atom. The van der Waals surface area contributed by atoms with E-state index in [1.54, 1.807) is 23.9 Å². The van der Waals surface area contributed by atoms with Crippen molar-refractivity contribution in [1.29, 1.82) is 0 Å². The lowest BCUT2D eigenvalue weighted by atomic mass is 10.2. The maximum atomic E-state index is 12.5. The van der Waals surface area contributed by atoms with Gasteiger partial charge >= 0.3 is 5.97 Å². The molecule has 2 rings (SSSR count). The van der Waals surface area contributed by atoms with Crippen LogP contribution in [0.4, 0.5) is 0 Å². The third kappa shape index (κ3) is 3.16. The SMILES string of the molecule is COc1cc2c(=O)c(SCOC(C)=O)nn(C)c2cc1OC. The van der Waals surface area contributed by atoms with Gasteiger partial charge in [-0.05, 0) is 6.07 Å². The average molecular weight is 324 g/mol. The number of benzene rings is 1. The topological polar surface area (TPSA) is 79.7 Å². The molecule has 0 unspecified atom stereocenters. The summed E-state index contributed by atoms with van der Waals surface area (Å²) in [5.74, 6) is 0.619. The highest BCUT2D eigenvalue weighted by Crippen LogP contribution is 2.31. The second-order valence-electron chi connectivity index (χ2n) is 4.38. The highest BCUT2D eigenvalue weighted by atomic mass is 32.2. The van der Waals surface area contributed by atoms with Gasteiger partial charge in [-0.25, -0.2) is 0 Å². The predicted molar refractivity (Wildman–Crippen MR) is 82.6 cm³/mol. The summed E-state index contributed by atoms with van der Waals surface area (Å²) in [7, 11) is 4.76. The van der Waals surface area contributed by atoms with E-state index in [0.717, 1.165) is 11.8 Å².